The molecular formula is C17H19N5O3S. The molecule has 8 nitrogen and oxygen atoms in total. The lowest BCUT2D eigenvalue weighted by Gasteiger charge is -2.08. The molecule has 3 rings (SSSR count). The highest BCUT2D eigenvalue weighted by Crippen LogP contribution is 2.18. The molecule has 136 valence electrons. The van der Waals surface area contributed by atoms with E-state index in [1.165, 1.54) is 6.20 Å². The number of primary sulfonamides is 1. The molecular weight excluding hydrogens is 354 g/mol. The van der Waals surface area contributed by atoms with Crippen LogP contribution in [-0.2, 0) is 15.8 Å². The SMILES string of the molecule is CC(C)n1ncc2cc(C(=O)Nc3ccc(CS(N)(=O)=O)cc3)cnc21. The van der Waals surface area contributed by atoms with Gasteiger partial charge in [0.25, 0.3) is 5.91 Å². The van der Waals surface area contributed by atoms with E-state index in [0.29, 0.717) is 16.8 Å². The molecule has 0 radical (unpaired) electrons. The Labute approximate surface area is 151 Å². The van der Waals surface area contributed by atoms with E-state index in [0.717, 1.165) is 11.0 Å². The number of fused-ring (bicyclic) bond motifs is 1. The lowest BCUT2D eigenvalue weighted by atomic mass is 10.2. The summed E-state index contributed by atoms with van der Waals surface area (Å²) in [5.41, 5.74) is 2.24. The number of nitrogens with zero attached hydrogens (tertiary/aromatic N) is 3. The standard InChI is InChI=1S/C17H19N5O3S/c1-11(2)22-16-13(9-20-22)7-14(8-19-16)17(23)21-15-5-3-12(4-6-15)10-26(18,24)25/h3-9,11H,10H2,1-2H3,(H,21,23)(H2,18,24,25). The van der Waals surface area contributed by atoms with Crippen molar-refractivity contribution in [2.45, 2.75) is 25.6 Å². The van der Waals surface area contributed by atoms with Crippen LogP contribution in [0.3, 0.4) is 0 Å². The third kappa shape index (κ3) is 4.06. The first-order valence-corrected chi connectivity index (χ1v) is 9.68. The number of nitrogens with two attached hydrogens (primary N) is 1. The van der Waals surface area contributed by atoms with Gasteiger partial charge in [-0.3, -0.25) is 4.79 Å². The van der Waals surface area contributed by atoms with Crippen molar-refractivity contribution < 1.29 is 13.2 Å². The highest BCUT2D eigenvalue weighted by molar-refractivity contribution is 7.88. The highest BCUT2D eigenvalue weighted by atomic mass is 32.2. The molecule has 1 amide bonds. The summed E-state index contributed by atoms with van der Waals surface area (Å²) < 4.78 is 24.0. The summed E-state index contributed by atoms with van der Waals surface area (Å²) in [5, 5.41) is 12.8. The number of carbonyl (C=O) groups excluding carboxylic acids is 1. The molecule has 0 spiro atoms. The normalized spacial score (nSPS) is 11.8. The molecule has 9 heteroatoms. The number of aromatic nitrogens is 3. The third-order valence-corrected chi connectivity index (χ3v) is 4.50. The lowest BCUT2D eigenvalue weighted by Crippen LogP contribution is -2.15. The van der Waals surface area contributed by atoms with Crippen molar-refractivity contribution >= 4 is 32.7 Å². The van der Waals surface area contributed by atoms with Gasteiger partial charge < -0.3 is 5.32 Å². The maximum Gasteiger partial charge on any atom is 0.257 e. The first-order valence-electron chi connectivity index (χ1n) is 7.97. The summed E-state index contributed by atoms with van der Waals surface area (Å²) in [5.74, 6) is -0.558. The maximum atomic E-state index is 12.4. The Morgan fingerprint density at radius 1 is 1.23 bits per heavy atom. The quantitative estimate of drug-likeness (QED) is 0.709. The van der Waals surface area contributed by atoms with Crippen LogP contribution < -0.4 is 10.5 Å². The van der Waals surface area contributed by atoms with E-state index in [1.807, 2.05) is 13.8 Å². The Kier molecular flexibility index (Phi) is 4.75. The molecule has 1 aromatic carbocycles. The molecule has 0 fully saturated rings. The van der Waals surface area contributed by atoms with Crippen molar-refractivity contribution in [1.29, 1.82) is 0 Å². The molecule has 0 saturated heterocycles. The summed E-state index contributed by atoms with van der Waals surface area (Å²) in [6, 6.07) is 8.37. The third-order valence-electron chi connectivity index (χ3n) is 3.76. The summed E-state index contributed by atoms with van der Waals surface area (Å²) in [6.07, 6.45) is 3.19. The zero-order valence-corrected chi connectivity index (χ0v) is 15.2. The number of hydrogen-bond donors (Lipinski definition) is 2. The smallest absolute Gasteiger partial charge is 0.257 e. The number of rotatable bonds is 5. The fourth-order valence-electron chi connectivity index (χ4n) is 2.56. The van der Waals surface area contributed by atoms with Crippen LogP contribution in [0, 0.1) is 0 Å². The van der Waals surface area contributed by atoms with Gasteiger partial charge in [-0.15, -0.1) is 0 Å². The first kappa shape index (κ1) is 18.0. The molecule has 0 bridgehead atoms. The summed E-state index contributed by atoms with van der Waals surface area (Å²) >= 11 is 0. The van der Waals surface area contributed by atoms with E-state index in [-0.39, 0.29) is 17.7 Å². The van der Waals surface area contributed by atoms with E-state index < -0.39 is 10.0 Å². The molecule has 26 heavy (non-hydrogen) atoms. The number of nitrogens with one attached hydrogen (secondary N) is 1. The molecule has 2 aromatic heterocycles. The second-order valence-corrected chi connectivity index (χ2v) is 7.89. The van der Waals surface area contributed by atoms with Crippen molar-refractivity contribution in [3.63, 3.8) is 0 Å². The summed E-state index contributed by atoms with van der Waals surface area (Å²) in [7, 11) is -3.58. The topological polar surface area (TPSA) is 120 Å². The predicted molar refractivity (Wildman–Crippen MR) is 99.1 cm³/mol. The summed E-state index contributed by atoms with van der Waals surface area (Å²) in [6.45, 7) is 4.02. The Hall–Kier alpha value is -2.78. The van der Waals surface area contributed by atoms with Crippen LogP contribution in [0.15, 0.2) is 42.7 Å². The van der Waals surface area contributed by atoms with Crippen LogP contribution in [-0.4, -0.2) is 29.1 Å². The fraction of sp³-hybridized carbons (Fsp3) is 0.235. The zero-order chi connectivity index (χ0) is 18.9. The van der Waals surface area contributed by atoms with Gasteiger partial charge in [0.2, 0.25) is 10.0 Å². The van der Waals surface area contributed by atoms with Gasteiger partial charge in [-0.25, -0.2) is 23.2 Å². The predicted octanol–water partition coefficient (Wildman–Crippen LogP) is 2.05. The van der Waals surface area contributed by atoms with E-state index in [9.17, 15) is 13.2 Å². The Morgan fingerprint density at radius 2 is 1.92 bits per heavy atom. The van der Waals surface area contributed by atoms with Gasteiger partial charge in [0.1, 0.15) is 0 Å². The fourth-order valence-corrected chi connectivity index (χ4v) is 3.22. The van der Waals surface area contributed by atoms with Crippen LogP contribution in [0.5, 0.6) is 0 Å². The Balaban J connectivity index is 1.76. The van der Waals surface area contributed by atoms with Crippen molar-refractivity contribution in [2.75, 3.05) is 5.32 Å². The number of carbonyl (C=O) groups is 1. The minimum Gasteiger partial charge on any atom is -0.322 e. The van der Waals surface area contributed by atoms with E-state index >= 15 is 0 Å². The molecule has 0 saturated carbocycles. The van der Waals surface area contributed by atoms with Gasteiger partial charge in [-0.05, 0) is 37.6 Å². The second-order valence-electron chi connectivity index (χ2n) is 6.28. The van der Waals surface area contributed by atoms with E-state index in [2.05, 4.69) is 15.4 Å². The first-order chi connectivity index (χ1) is 12.2. The van der Waals surface area contributed by atoms with Crippen LogP contribution in [0.4, 0.5) is 5.69 Å². The number of anilines is 1. The van der Waals surface area contributed by atoms with Gasteiger partial charge in [0.15, 0.2) is 5.65 Å². The van der Waals surface area contributed by atoms with Crippen LogP contribution in [0.1, 0.15) is 35.8 Å². The van der Waals surface area contributed by atoms with Gasteiger partial charge in [0.05, 0.1) is 17.5 Å². The molecule has 0 unspecified atom stereocenters. The van der Waals surface area contributed by atoms with E-state index in [1.54, 1.807) is 41.2 Å². The van der Waals surface area contributed by atoms with Gasteiger partial charge >= 0.3 is 0 Å². The number of hydrogen-bond acceptors (Lipinski definition) is 5. The van der Waals surface area contributed by atoms with Gasteiger partial charge in [-0.1, -0.05) is 12.1 Å². The van der Waals surface area contributed by atoms with E-state index in [4.69, 9.17) is 5.14 Å². The Morgan fingerprint density at radius 3 is 2.54 bits per heavy atom. The molecule has 2 heterocycles. The monoisotopic (exact) mass is 373 g/mol. The minimum absolute atomic E-state index is 0.176. The minimum atomic E-state index is -3.58. The van der Waals surface area contributed by atoms with Crippen LogP contribution in [0.2, 0.25) is 0 Å². The molecule has 0 aliphatic rings. The molecule has 0 atom stereocenters. The van der Waals surface area contributed by atoms with Gasteiger partial charge in [-0.2, -0.15) is 5.10 Å². The number of amides is 1. The van der Waals surface area contributed by atoms with Crippen molar-refractivity contribution in [3.05, 3.63) is 53.9 Å². The summed E-state index contributed by atoms with van der Waals surface area (Å²) in [4.78, 5) is 16.8. The molecule has 0 aliphatic heterocycles. The molecule has 0 aliphatic carbocycles. The average molecular weight is 373 g/mol. The zero-order valence-electron chi connectivity index (χ0n) is 14.4. The second kappa shape index (κ2) is 6.85. The lowest BCUT2D eigenvalue weighted by molar-refractivity contribution is 0.102. The Bertz CT molecular complexity index is 1060. The van der Waals surface area contributed by atoms with Crippen molar-refractivity contribution in [3.8, 4) is 0 Å². The number of pyridine rings is 1. The van der Waals surface area contributed by atoms with Crippen molar-refractivity contribution in [2.24, 2.45) is 5.14 Å². The number of benzene rings is 1. The highest BCUT2D eigenvalue weighted by Gasteiger charge is 2.12. The van der Waals surface area contributed by atoms with Crippen LogP contribution >= 0.6 is 0 Å². The van der Waals surface area contributed by atoms with Crippen molar-refractivity contribution in [1.82, 2.24) is 14.8 Å². The largest absolute Gasteiger partial charge is 0.322 e. The van der Waals surface area contributed by atoms with Gasteiger partial charge in [0, 0.05) is 23.3 Å². The van der Waals surface area contributed by atoms with Crippen LogP contribution in [0.25, 0.3) is 11.0 Å². The number of sulfonamides is 1. The average Bonchev–Trinajstić information content (AvgIpc) is 2.98. The maximum absolute atomic E-state index is 12.4. The molecule has 3 N–H and O–H groups in total. The molecule has 3 aromatic rings.